The number of fused-ring (bicyclic) bond motifs is 2. The second kappa shape index (κ2) is 10.5. The molecule has 0 saturated heterocycles. The Morgan fingerprint density at radius 3 is 2.53 bits per heavy atom. The summed E-state index contributed by atoms with van der Waals surface area (Å²) in [7, 11) is 1.53. The highest BCUT2D eigenvalue weighted by Gasteiger charge is 2.44. The van der Waals surface area contributed by atoms with E-state index in [1.165, 1.54) is 7.11 Å². The predicted molar refractivity (Wildman–Crippen MR) is 150 cm³/mol. The number of nitrogens with zero attached hydrogens (tertiary/aromatic N) is 1. The summed E-state index contributed by atoms with van der Waals surface area (Å²) in [5.74, 6) is 0.808. The Hall–Kier alpha value is -3.77. The molecule has 38 heavy (non-hydrogen) atoms. The molecular formula is C31H30ClNO5. The molecule has 1 unspecified atom stereocenters. The van der Waals surface area contributed by atoms with Crippen molar-refractivity contribution in [2.24, 2.45) is 0 Å². The monoisotopic (exact) mass is 531 g/mol. The van der Waals surface area contributed by atoms with Crippen molar-refractivity contribution < 1.29 is 18.7 Å². The molecule has 1 aromatic heterocycles. The van der Waals surface area contributed by atoms with Crippen molar-refractivity contribution in [1.82, 2.24) is 0 Å². The van der Waals surface area contributed by atoms with Gasteiger partial charge >= 0.3 is 0 Å². The molecule has 4 aromatic rings. The fourth-order valence-corrected chi connectivity index (χ4v) is 5.18. The average Bonchev–Trinajstić information content (AvgIpc) is 3.20. The van der Waals surface area contributed by atoms with E-state index < -0.39 is 11.9 Å². The number of carbonyl (C=O) groups excluding carboxylic acids is 1. The van der Waals surface area contributed by atoms with Gasteiger partial charge in [-0.1, -0.05) is 43.5 Å². The quantitative estimate of drug-likeness (QED) is 0.222. The molecule has 196 valence electrons. The molecule has 0 radical (unpaired) electrons. The van der Waals surface area contributed by atoms with Crippen LogP contribution >= 0.6 is 11.6 Å². The second-order valence-corrected chi connectivity index (χ2v) is 10.0. The minimum atomic E-state index is -0.719. The molecule has 1 aliphatic heterocycles. The first kappa shape index (κ1) is 25.9. The zero-order valence-corrected chi connectivity index (χ0v) is 22.7. The molecule has 2 heterocycles. The molecule has 0 saturated carbocycles. The smallest absolute Gasteiger partial charge is 0.295 e. The lowest BCUT2D eigenvalue weighted by molar-refractivity contribution is 0.0971. The summed E-state index contributed by atoms with van der Waals surface area (Å²) in [6.45, 7) is 6.65. The van der Waals surface area contributed by atoms with Crippen molar-refractivity contribution in [3.05, 3.63) is 97.9 Å². The van der Waals surface area contributed by atoms with Gasteiger partial charge in [0.15, 0.2) is 5.43 Å². The molecule has 0 aliphatic carbocycles. The van der Waals surface area contributed by atoms with E-state index in [0.717, 1.165) is 36.0 Å². The van der Waals surface area contributed by atoms with Gasteiger partial charge < -0.3 is 13.9 Å². The summed E-state index contributed by atoms with van der Waals surface area (Å²) in [4.78, 5) is 29.4. The van der Waals surface area contributed by atoms with E-state index in [4.69, 9.17) is 25.5 Å². The van der Waals surface area contributed by atoms with Crippen LogP contribution in [0.25, 0.3) is 11.0 Å². The minimum absolute atomic E-state index is 0.0389. The number of ether oxygens (including phenoxy) is 2. The SMILES string of the molecule is CCCCCOc1cccc(C2c3c(oc4cc(C)c(C)cc4c3=O)C(=O)N2c2ccc(OC)c(Cl)c2)c1. The van der Waals surface area contributed by atoms with Gasteiger partial charge in [0, 0.05) is 5.69 Å². The summed E-state index contributed by atoms with van der Waals surface area (Å²) in [6.07, 6.45) is 3.14. The fraction of sp³-hybridized carbons (Fsp3) is 0.290. The highest BCUT2D eigenvalue weighted by atomic mass is 35.5. The van der Waals surface area contributed by atoms with Crippen molar-refractivity contribution in [3.8, 4) is 11.5 Å². The highest BCUT2D eigenvalue weighted by Crippen LogP contribution is 2.43. The largest absolute Gasteiger partial charge is 0.495 e. The van der Waals surface area contributed by atoms with Crippen molar-refractivity contribution in [2.45, 2.75) is 46.1 Å². The Labute approximate surface area is 226 Å². The Bertz CT molecular complexity index is 1590. The Kier molecular flexibility index (Phi) is 7.17. The zero-order valence-electron chi connectivity index (χ0n) is 22.0. The van der Waals surface area contributed by atoms with Crippen molar-refractivity contribution in [2.75, 3.05) is 18.6 Å². The van der Waals surface area contributed by atoms with Crippen LogP contribution in [-0.4, -0.2) is 19.6 Å². The van der Waals surface area contributed by atoms with Crippen molar-refractivity contribution in [1.29, 1.82) is 0 Å². The predicted octanol–water partition coefficient (Wildman–Crippen LogP) is 7.39. The van der Waals surface area contributed by atoms with Gasteiger partial charge in [0.2, 0.25) is 5.76 Å². The summed E-state index contributed by atoms with van der Waals surface area (Å²) in [6, 6.07) is 15.6. The highest BCUT2D eigenvalue weighted by molar-refractivity contribution is 6.32. The van der Waals surface area contributed by atoms with E-state index in [1.54, 1.807) is 23.1 Å². The maximum absolute atomic E-state index is 14.0. The van der Waals surface area contributed by atoms with E-state index in [1.807, 2.05) is 50.2 Å². The number of halogens is 1. The third-order valence-electron chi connectivity index (χ3n) is 7.09. The molecule has 1 atom stereocenters. The molecular weight excluding hydrogens is 502 g/mol. The van der Waals surface area contributed by atoms with Crippen LogP contribution in [0.15, 0.2) is 63.8 Å². The summed E-state index contributed by atoms with van der Waals surface area (Å²) in [5.41, 5.74) is 3.71. The van der Waals surface area contributed by atoms with Gasteiger partial charge in [0.05, 0.1) is 35.7 Å². The van der Waals surface area contributed by atoms with Gasteiger partial charge in [-0.2, -0.15) is 0 Å². The Morgan fingerprint density at radius 2 is 1.79 bits per heavy atom. The lowest BCUT2D eigenvalue weighted by Gasteiger charge is -2.26. The zero-order chi connectivity index (χ0) is 27.0. The number of rotatable bonds is 8. The molecule has 0 spiro atoms. The van der Waals surface area contributed by atoms with Gasteiger partial charge in [-0.15, -0.1) is 0 Å². The third-order valence-corrected chi connectivity index (χ3v) is 7.39. The molecule has 6 nitrogen and oxygen atoms in total. The first-order valence-electron chi connectivity index (χ1n) is 12.8. The van der Waals surface area contributed by atoms with E-state index in [9.17, 15) is 9.59 Å². The average molecular weight is 532 g/mol. The summed E-state index contributed by atoms with van der Waals surface area (Å²) < 4.78 is 17.5. The van der Waals surface area contributed by atoms with E-state index >= 15 is 0 Å². The van der Waals surface area contributed by atoms with Gasteiger partial charge in [-0.3, -0.25) is 14.5 Å². The number of carbonyl (C=O) groups is 1. The first-order chi connectivity index (χ1) is 18.3. The number of hydrogen-bond donors (Lipinski definition) is 0. The van der Waals surface area contributed by atoms with E-state index in [-0.39, 0.29) is 11.2 Å². The number of aryl methyl sites for hydroxylation is 2. The van der Waals surface area contributed by atoms with Crippen LogP contribution in [0.3, 0.4) is 0 Å². The minimum Gasteiger partial charge on any atom is -0.495 e. The summed E-state index contributed by atoms with van der Waals surface area (Å²) in [5, 5.41) is 0.808. The van der Waals surface area contributed by atoms with Crippen molar-refractivity contribution in [3.63, 3.8) is 0 Å². The number of benzene rings is 3. The number of hydrogen-bond acceptors (Lipinski definition) is 5. The normalized spacial score (nSPS) is 14.7. The molecule has 5 rings (SSSR count). The van der Waals surface area contributed by atoms with Crippen LogP contribution in [-0.2, 0) is 0 Å². The van der Waals surface area contributed by atoms with Gasteiger partial charge in [0.25, 0.3) is 5.91 Å². The van der Waals surface area contributed by atoms with Gasteiger partial charge in [-0.05, 0) is 79.4 Å². The lowest BCUT2D eigenvalue weighted by atomic mass is 9.97. The molecule has 0 N–H and O–H groups in total. The van der Waals surface area contributed by atoms with Gasteiger partial charge in [0.1, 0.15) is 17.1 Å². The summed E-state index contributed by atoms with van der Waals surface area (Å²) >= 11 is 6.45. The Balaban J connectivity index is 1.69. The standard InChI is InChI=1S/C31H30ClNO5/c1-5-6-7-13-37-22-10-8-9-20(16-22)28-27-29(34)23-14-18(2)19(3)15-26(23)38-30(27)31(35)33(28)21-11-12-25(36-4)24(32)17-21/h8-12,14-17,28H,5-7,13H2,1-4H3. The molecule has 0 fully saturated rings. The molecule has 0 bridgehead atoms. The molecule has 1 aliphatic rings. The fourth-order valence-electron chi connectivity index (χ4n) is 4.93. The topological polar surface area (TPSA) is 69.0 Å². The van der Waals surface area contributed by atoms with Crippen LogP contribution in [0.5, 0.6) is 11.5 Å². The van der Waals surface area contributed by atoms with Crippen LogP contribution in [0, 0.1) is 13.8 Å². The van der Waals surface area contributed by atoms with Crippen molar-refractivity contribution >= 4 is 34.2 Å². The third kappa shape index (κ3) is 4.54. The lowest BCUT2D eigenvalue weighted by Crippen LogP contribution is -2.29. The second-order valence-electron chi connectivity index (χ2n) is 9.63. The maximum atomic E-state index is 14.0. The number of methoxy groups -OCH3 is 1. The maximum Gasteiger partial charge on any atom is 0.295 e. The first-order valence-corrected chi connectivity index (χ1v) is 13.2. The van der Waals surface area contributed by atoms with Crippen LogP contribution in [0.2, 0.25) is 5.02 Å². The Morgan fingerprint density at radius 1 is 1.00 bits per heavy atom. The number of anilines is 1. The number of unbranched alkanes of at least 4 members (excludes halogenated alkanes) is 2. The van der Waals surface area contributed by atoms with Crippen LogP contribution < -0.4 is 19.8 Å². The van der Waals surface area contributed by atoms with E-state index in [2.05, 4.69) is 6.92 Å². The van der Waals surface area contributed by atoms with Gasteiger partial charge in [-0.25, -0.2) is 0 Å². The van der Waals surface area contributed by atoms with Crippen LogP contribution in [0.1, 0.15) is 65.0 Å². The molecule has 1 amide bonds. The molecule has 3 aromatic carbocycles. The van der Waals surface area contributed by atoms with Crippen LogP contribution in [0.4, 0.5) is 5.69 Å². The van der Waals surface area contributed by atoms with E-state index in [0.29, 0.717) is 45.3 Å². The number of amides is 1. The molecule has 7 heteroatoms.